The molecule has 0 spiro atoms. The van der Waals surface area contributed by atoms with Crippen LogP contribution in [-0.4, -0.2) is 8.42 Å². The number of nitrogens with one attached hydrogen (secondary N) is 1. The van der Waals surface area contributed by atoms with Crippen LogP contribution in [0.25, 0.3) is 0 Å². The molecule has 1 aromatic carbocycles. The molecule has 19 heavy (non-hydrogen) atoms. The van der Waals surface area contributed by atoms with Crippen LogP contribution in [0, 0.1) is 18.3 Å². The molecule has 0 unspecified atom stereocenters. The molecule has 1 N–H and O–H groups in total. The number of hydrogen-bond acceptors (Lipinski definition) is 4. The first-order valence-electron chi connectivity index (χ1n) is 5.22. The molecule has 0 aliphatic rings. The molecule has 0 radical (unpaired) electrons. The first-order valence-corrected chi connectivity index (χ1v) is 7.89. The van der Waals surface area contributed by atoms with Crippen LogP contribution in [0.2, 0.25) is 4.34 Å². The SMILES string of the molecule is Cc1cccc(NS(=O)(=O)c2ccc(Cl)s2)c1C#N. The second kappa shape index (κ2) is 5.21. The third kappa shape index (κ3) is 2.89. The Hall–Kier alpha value is -1.55. The van der Waals surface area contributed by atoms with E-state index in [1.54, 1.807) is 25.1 Å². The van der Waals surface area contributed by atoms with Gasteiger partial charge in [-0.15, -0.1) is 11.3 Å². The number of sulfonamides is 1. The quantitative estimate of drug-likeness (QED) is 0.944. The first-order chi connectivity index (χ1) is 8.94. The Labute approximate surface area is 120 Å². The number of anilines is 1. The van der Waals surface area contributed by atoms with Crippen molar-refractivity contribution in [3.05, 3.63) is 45.8 Å². The van der Waals surface area contributed by atoms with Crippen molar-refractivity contribution >= 4 is 38.6 Å². The number of halogens is 1. The van der Waals surface area contributed by atoms with Crippen molar-refractivity contribution in [2.45, 2.75) is 11.1 Å². The van der Waals surface area contributed by atoms with Gasteiger partial charge in [0.1, 0.15) is 10.3 Å². The Balaban J connectivity index is 2.42. The number of nitrogens with zero attached hydrogens (tertiary/aromatic N) is 1. The highest BCUT2D eigenvalue weighted by molar-refractivity contribution is 7.94. The van der Waals surface area contributed by atoms with E-state index in [2.05, 4.69) is 4.72 Å². The maximum atomic E-state index is 12.1. The summed E-state index contributed by atoms with van der Waals surface area (Å²) in [5.41, 5.74) is 1.30. The Kier molecular flexibility index (Phi) is 3.80. The molecule has 0 saturated carbocycles. The molecule has 0 atom stereocenters. The maximum absolute atomic E-state index is 12.1. The predicted octanol–water partition coefficient (Wildman–Crippen LogP) is 3.38. The molecule has 1 heterocycles. The van der Waals surface area contributed by atoms with Crippen molar-refractivity contribution in [3.63, 3.8) is 0 Å². The molecule has 0 saturated heterocycles. The zero-order valence-electron chi connectivity index (χ0n) is 9.84. The smallest absolute Gasteiger partial charge is 0.271 e. The first kappa shape index (κ1) is 13.9. The van der Waals surface area contributed by atoms with Crippen LogP contribution in [0.4, 0.5) is 5.69 Å². The van der Waals surface area contributed by atoms with Crippen molar-refractivity contribution in [2.24, 2.45) is 0 Å². The lowest BCUT2D eigenvalue weighted by Gasteiger charge is -2.09. The molecule has 7 heteroatoms. The molecular formula is C12H9ClN2O2S2. The van der Waals surface area contributed by atoms with E-state index in [1.807, 2.05) is 6.07 Å². The van der Waals surface area contributed by atoms with Crippen LogP contribution in [-0.2, 0) is 10.0 Å². The van der Waals surface area contributed by atoms with Gasteiger partial charge >= 0.3 is 0 Å². The molecule has 1 aromatic heterocycles. The second-order valence-electron chi connectivity index (χ2n) is 3.77. The van der Waals surface area contributed by atoms with E-state index in [9.17, 15) is 8.42 Å². The van der Waals surface area contributed by atoms with E-state index in [4.69, 9.17) is 16.9 Å². The molecular weight excluding hydrogens is 304 g/mol. The van der Waals surface area contributed by atoms with Crippen LogP contribution >= 0.6 is 22.9 Å². The monoisotopic (exact) mass is 312 g/mol. The number of benzene rings is 1. The van der Waals surface area contributed by atoms with Crippen molar-refractivity contribution < 1.29 is 8.42 Å². The van der Waals surface area contributed by atoms with Gasteiger partial charge < -0.3 is 0 Å². The van der Waals surface area contributed by atoms with E-state index in [1.165, 1.54) is 12.1 Å². The number of aryl methyl sites for hydroxylation is 1. The standard InChI is InChI=1S/C12H9ClN2O2S2/c1-8-3-2-4-10(9(8)7-14)15-19(16,17)12-6-5-11(13)18-12/h2-6,15H,1H3. The number of rotatable bonds is 3. The molecule has 98 valence electrons. The average Bonchev–Trinajstić information content (AvgIpc) is 2.76. The molecule has 0 aliphatic carbocycles. The summed E-state index contributed by atoms with van der Waals surface area (Å²) in [4.78, 5) is 0. The van der Waals surface area contributed by atoms with Crippen molar-refractivity contribution in [1.82, 2.24) is 0 Å². The largest absolute Gasteiger partial charge is 0.278 e. The van der Waals surface area contributed by atoms with Gasteiger partial charge in [0.15, 0.2) is 0 Å². The molecule has 2 aromatic rings. The summed E-state index contributed by atoms with van der Waals surface area (Å²) >= 11 is 6.69. The lowest BCUT2D eigenvalue weighted by atomic mass is 10.1. The third-order valence-corrected chi connectivity index (χ3v) is 5.53. The fourth-order valence-corrected chi connectivity index (χ4v) is 4.09. The lowest BCUT2D eigenvalue weighted by Crippen LogP contribution is -2.12. The minimum absolute atomic E-state index is 0.114. The molecule has 0 fully saturated rings. The summed E-state index contributed by atoms with van der Waals surface area (Å²) in [5, 5.41) is 9.07. The third-order valence-electron chi connectivity index (χ3n) is 2.44. The summed E-state index contributed by atoms with van der Waals surface area (Å²) in [6, 6.07) is 9.93. The number of nitriles is 1. The van der Waals surface area contributed by atoms with Crippen LogP contribution in [0.5, 0.6) is 0 Å². The van der Waals surface area contributed by atoms with E-state index in [0.717, 1.165) is 11.3 Å². The Morgan fingerprint density at radius 3 is 2.63 bits per heavy atom. The zero-order valence-corrected chi connectivity index (χ0v) is 12.2. The highest BCUT2D eigenvalue weighted by atomic mass is 35.5. The summed E-state index contributed by atoms with van der Waals surface area (Å²) in [6.45, 7) is 1.75. The fraction of sp³-hybridized carbons (Fsp3) is 0.0833. The molecule has 0 amide bonds. The van der Waals surface area contributed by atoms with Gasteiger partial charge in [0, 0.05) is 0 Å². The summed E-state index contributed by atoms with van der Waals surface area (Å²) in [5.74, 6) is 0. The molecule has 4 nitrogen and oxygen atoms in total. The van der Waals surface area contributed by atoms with Gasteiger partial charge in [0.25, 0.3) is 10.0 Å². The minimum Gasteiger partial charge on any atom is -0.278 e. The van der Waals surface area contributed by atoms with Gasteiger partial charge in [-0.2, -0.15) is 5.26 Å². The lowest BCUT2D eigenvalue weighted by molar-refractivity contribution is 0.603. The number of hydrogen-bond donors (Lipinski definition) is 1. The van der Waals surface area contributed by atoms with Gasteiger partial charge in [-0.3, -0.25) is 4.72 Å². The van der Waals surface area contributed by atoms with Gasteiger partial charge in [0.05, 0.1) is 15.6 Å². The summed E-state index contributed by atoms with van der Waals surface area (Å²) < 4.78 is 27.2. The Bertz CT molecular complexity index is 760. The Morgan fingerprint density at radius 1 is 1.32 bits per heavy atom. The minimum atomic E-state index is -3.71. The number of thiophene rings is 1. The summed E-state index contributed by atoms with van der Waals surface area (Å²) in [7, 11) is -3.71. The van der Waals surface area contributed by atoms with Crippen molar-refractivity contribution in [1.29, 1.82) is 5.26 Å². The predicted molar refractivity (Wildman–Crippen MR) is 76.0 cm³/mol. The van der Waals surface area contributed by atoms with Crippen LogP contribution < -0.4 is 4.72 Å². The van der Waals surface area contributed by atoms with Gasteiger partial charge in [-0.1, -0.05) is 23.7 Å². The van der Waals surface area contributed by atoms with E-state index in [-0.39, 0.29) is 9.90 Å². The van der Waals surface area contributed by atoms with Crippen LogP contribution in [0.15, 0.2) is 34.5 Å². The van der Waals surface area contributed by atoms with E-state index in [0.29, 0.717) is 15.5 Å². The average molecular weight is 313 g/mol. The normalized spacial score (nSPS) is 11.0. The van der Waals surface area contributed by atoms with Crippen molar-refractivity contribution in [3.8, 4) is 6.07 Å². The second-order valence-corrected chi connectivity index (χ2v) is 7.40. The Morgan fingerprint density at radius 2 is 2.05 bits per heavy atom. The molecule has 2 rings (SSSR count). The van der Waals surface area contributed by atoms with Crippen molar-refractivity contribution in [2.75, 3.05) is 4.72 Å². The van der Waals surface area contributed by atoms with Crippen LogP contribution in [0.3, 0.4) is 0 Å². The van der Waals surface area contributed by atoms with E-state index < -0.39 is 10.0 Å². The maximum Gasteiger partial charge on any atom is 0.271 e. The molecule has 0 aliphatic heterocycles. The van der Waals surface area contributed by atoms with Gasteiger partial charge in [-0.25, -0.2) is 8.42 Å². The summed E-state index contributed by atoms with van der Waals surface area (Å²) in [6.07, 6.45) is 0. The van der Waals surface area contributed by atoms with Gasteiger partial charge in [0.2, 0.25) is 0 Å². The highest BCUT2D eigenvalue weighted by Gasteiger charge is 2.18. The van der Waals surface area contributed by atoms with Crippen LogP contribution in [0.1, 0.15) is 11.1 Å². The van der Waals surface area contributed by atoms with Gasteiger partial charge in [-0.05, 0) is 30.7 Å². The topological polar surface area (TPSA) is 70.0 Å². The highest BCUT2D eigenvalue weighted by Crippen LogP contribution is 2.28. The van der Waals surface area contributed by atoms with E-state index >= 15 is 0 Å². The zero-order chi connectivity index (χ0) is 14.0. The molecule has 0 bridgehead atoms. The fourth-order valence-electron chi connectivity index (χ4n) is 1.54.